The molecule has 90 valence electrons. The Bertz CT molecular complexity index is 315. The van der Waals surface area contributed by atoms with E-state index in [1.165, 1.54) is 13.8 Å². The van der Waals surface area contributed by atoms with Crippen molar-refractivity contribution >= 4 is 33.8 Å². The first-order valence-electron chi connectivity index (χ1n) is 4.56. The molecule has 0 aromatic rings. The van der Waals surface area contributed by atoms with Crippen LogP contribution in [0.4, 0.5) is 0 Å². The van der Waals surface area contributed by atoms with Gasteiger partial charge in [-0.05, 0) is 0 Å². The van der Waals surface area contributed by atoms with Gasteiger partial charge in [0.2, 0.25) is 6.10 Å². The van der Waals surface area contributed by atoms with Crippen LogP contribution in [-0.4, -0.2) is 41.5 Å². The second-order valence-electron chi connectivity index (χ2n) is 3.23. The van der Waals surface area contributed by atoms with Crippen molar-refractivity contribution in [2.45, 2.75) is 32.2 Å². The molecule has 16 heavy (non-hydrogen) atoms. The van der Waals surface area contributed by atoms with Gasteiger partial charge in [-0.15, -0.1) is 0 Å². The number of hydrogen-bond donors (Lipinski definition) is 0. The number of rotatable bonds is 3. The van der Waals surface area contributed by atoms with E-state index >= 15 is 0 Å². The quantitative estimate of drug-likeness (QED) is 0.419. The lowest BCUT2D eigenvalue weighted by Crippen LogP contribution is -2.39. The predicted octanol–water partition coefficient (Wildman–Crippen LogP) is 0.170. The number of ether oxygens (including phenoxy) is 3. The van der Waals surface area contributed by atoms with Gasteiger partial charge < -0.3 is 14.2 Å². The maximum Gasteiger partial charge on any atom is 0.352 e. The highest BCUT2D eigenvalue weighted by atomic mass is 79.9. The summed E-state index contributed by atoms with van der Waals surface area (Å²) in [6, 6.07) is 0. The van der Waals surface area contributed by atoms with Gasteiger partial charge in [0.1, 0.15) is 0 Å². The van der Waals surface area contributed by atoms with Crippen molar-refractivity contribution in [1.82, 2.24) is 0 Å². The highest BCUT2D eigenvalue weighted by Crippen LogP contribution is 2.23. The summed E-state index contributed by atoms with van der Waals surface area (Å²) in [6.07, 6.45) is -2.71. The van der Waals surface area contributed by atoms with Crippen LogP contribution in [0.15, 0.2) is 0 Å². The monoisotopic (exact) mass is 294 g/mol. The van der Waals surface area contributed by atoms with Gasteiger partial charge in [-0.1, -0.05) is 15.9 Å². The first-order chi connectivity index (χ1) is 7.45. The summed E-state index contributed by atoms with van der Waals surface area (Å²) in [5, 5.41) is 0.300. The zero-order valence-electron chi connectivity index (χ0n) is 8.77. The van der Waals surface area contributed by atoms with Crippen molar-refractivity contribution in [2.24, 2.45) is 0 Å². The van der Waals surface area contributed by atoms with Crippen LogP contribution in [0.3, 0.4) is 0 Å². The van der Waals surface area contributed by atoms with Crippen LogP contribution >= 0.6 is 15.9 Å². The van der Waals surface area contributed by atoms with Crippen molar-refractivity contribution in [3.63, 3.8) is 0 Å². The van der Waals surface area contributed by atoms with E-state index in [2.05, 4.69) is 15.9 Å². The minimum Gasteiger partial charge on any atom is -0.454 e. The van der Waals surface area contributed by atoms with Gasteiger partial charge in [-0.25, -0.2) is 4.79 Å². The topological polar surface area (TPSA) is 78.9 Å². The Labute approximate surface area is 100 Å². The minimum atomic E-state index is -1.18. The molecule has 0 aromatic carbocycles. The van der Waals surface area contributed by atoms with Gasteiger partial charge >= 0.3 is 17.9 Å². The van der Waals surface area contributed by atoms with Gasteiger partial charge in [0, 0.05) is 19.2 Å². The van der Waals surface area contributed by atoms with E-state index in [9.17, 15) is 14.4 Å². The molecule has 6 nitrogen and oxygen atoms in total. The summed E-state index contributed by atoms with van der Waals surface area (Å²) in [4.78, 5) is 33.0. The third-order valence-corrected chi connectivity index (χ3v) is 2.55. The van der Waals surface area contributed by atoms with Crippen LogP contribution in [0.25, 0.3) is 0 Å². The number of hydrogen-bond acceptors (Lipinski definition) is 6. The van der Waals surface area contributed by atoms with Crippen molar-refractivity contribution in [1.29, 1.82) is 0 Å². The molecule has 1 aliphatic heterocycles. The average molecular weight is 295 g/mol. The first kappa shape index (κ1) is 13.0. The summed E-state index contributed by atoms with van der Waals surface area (Å²) >= 11 is 3.12. The zero-order chi connectivity index (χ0) is 12.3. The number of cyclic esters (lactones) is 1. The summed E-state index contributed by atoms with van der Waals surface area (Å²) in [6.45, 7) is 2.37. The molecule has 0 bridgehead atoms. The maximum atomic E-state index is 11.4. The van der Waals surface area contributed by atoms with Crippen LogP contribution < -0.4 is 0 Å². The Hall–Kier alpha value is -1.11. The summed E-state index contributed by atoms with van der Waals surface area (Å²) in [5.74, 6) is -1.90. The predicted molar refractivity (Wildman–Crippen MR) is 54.8 cm³/mol. The fourth-order valence-electron chi connectivity index (χ4n) is 1.35. The molecule has 0 radical (unpaired) electrons. The molecule has 0 spiro atoms. The summed E-state index contributed by atoms with van der Waals surface area (Å²) in [7, 11) is 0. The molecule has 0 unspecified atom stereocenters. The molecule has 3 atom stereocenters. The van der Waals surface area contributed by atoms with E-state index in [0.29, 0.717) is 5.33 Å². The third-order valence-electron chi connectivity index (χ3n) is 1.91. The molecule has 1 aliphatic rings. The van der Waals surface area contributed by atoms with Crippen molar-refractivity contribution in [3.8, 4) is 0 Å². The second kappa shape index (κ2) is 5.29. The Balaban J connectivity index is 2.80. The number of carbonyl (C=O) groups excluding carboxylic acids is 3. The van der Waals surface area contributed by atoms with Crippen LogP contribution in [0.5, 0.6) is 0 Å². The molecule has 0 aromatic heterocycles. The third kappa shape index (κ3) is 2.94. The number of esters is 3. The average Bonchev–Trinajstić information content (AvgIpc) is 2.44. The lowest BCUT2D eigenvalue weighted by atomic mass is 10.1. The molecule has 0 N–H and O–H groups in total. The van der Waals surface area contributed by atoms with Gasteiger partial charge in [-0.2, -0.15) is 0 Å². The van der Waals surface area contributed by atoms with E-state index < -0.39 is 36.2 Å². The Morgan fingerprint density at radius 1 is 1.31 bits per heavy atom. The first-order valence-corrected chi connectivity index (χ1v) is 5.68. The smallest absolute Gasteiger partial charge is 0.352 e. The fourth-order valence-corrected chi connectivity index (χ4v) is 1.86. The number of carbonyl (C=O) groups is 3. The molecular weight excluding hydrogens is 284 g/mol. The zero-order valence-corrected chi connectivity index (χ0v) is 10.4. The fraction of sp³-hybridized carbons (Fsp3) is 0.667. The maximum absolute atomic E-state index is 11.4. The SMILES string of the molecule is CC(=O)O[C@H]1[C@H](OC(C)=O)C(=O)O[C@@H]1CBr. The van der Waals surface area contributed by atoms with Gasteiger partial charge in [0.25, 0.3) is 0 Å². The van der Waals surface area contributed by atoms with E-state index in [4.69, 9.17) is 14.2 Å². The van der Waals surface area contributed by atoms with Gasteiger partial charge in [0.15, 0.2) is 12.2 Å². The normalized spacial score (nSPS) is 28.4. The lowest BCUT2D eigenvalue weighted by Gasteiger charge is -2.18. The van der Waals surface area contributed by atoms with E-state index in [-0.39, 0.29) is 0 Å². The van der Waals surface area contributed by atoms with Crippen LogP contribution in [0.1, 0.15) is 13.8 Å². The van der Waals surface area contributed by atoms with Crippen molar-refractivity contribution < 1.29 is 28.6 Å². The van der Waals surface area contributed by atoms with Crippen molar-refractivity contribution in [3.05, 3.63) is 0 Å². The van der Waals surface area contributed by atoms with Crippen LogP contribution in [-0.2, 0) is 28.6 Å². The standard InChI is InChI=1S/C9H11BrO6/c1-4(11)14-7-6(3-10)16-9(13)8(7)15-5(2)12/h6-8H,3H2,1-2H3/t6-,7-,8+/m1/s1. The summed E-state index contributed by atoms with van der Waals surface area (Å²) in [5.41, 5.74) is 0. The highest BCUT2D eigenvalue weighted by Gasteiger charge is 2.48. The van der Waals surface area contributed by atoms with E-state index in [0.717, 1.165) is 0 Å². The number of halogens is 1. The molecule has 1 rings (SSSR count). The highest BCUT2D eigenvalue weighted by molar-refractivity contribution is 9.09. The molecule has 1 saturated heterocycles. The molecule has 0 saturated carbocycles. The molecule has 1 fully saturated rings. The molecule has 0 amide bonds. The second-order valence-corrected chi connectivity index (χ2v) is 3.88. The summed E-state index contributed by atoms with van der Waals surface area (Å²) < 4.78 is 14.6. The molecular formula is C9H11BrO6. The largest absolute Gasteiger partial charge is 0.454 e. The Morgan fingerprint density at radius 2 is 1.88 bits per heavy atom. The van der Waals surface area contributed by atoms with Gasteiger partial charge in [-0.3, -0.25) is 9.59 Å². The Kier molecular flexibility index (Phi) is 4.28. The molecule has 7 heteroatoms. The number of alkyl halides is 1. The van der Waals surface area contributed by atoms with Crippen LogP contribution in [0, 0.1) is 0 Å². The van der Waals surface area contributed by atoms with Gasteiger partial charge in [0.05, 0.1) is 0 Å². The molecule has 1 heterocycles. The molecule has 0 aliphatic carbocycles. The van der Waals surface area contributed by atoms with Crippen molar-refractivity contribution in [2.75, 3.05) is 5.33 Å². The van der Waals surface area contributed by atoms with E-state index in [1.54, 1.807) is 0 Å². The lowest BCUT2D eigenvalue weighted by molar-refractivity contribution is -0.166. The minimum absolute atomic E-state index is 0.300. The Morgan fingerprint density at radius 3 is 2.31 bits per heavy atom. The van der Waals surface area contributed by atoms with Crippen LogP contribution in [0.2, 0.25) is 0 Å². The van der Waals surface area contributed by atoms with E-state index in [1.807, 2.05) is 0 Å².